The number of thiocarbonyl (C=S) groups is 1. The summed E-state index contributed by atoms with van der Waals surface area (Å²) in [5.41, 5.74) is 4.21. The van der Waals surface area contributed by atoms with Crippen LogP contribution in [0.25, 0.3) is 0 Å². The fourth-order valence-electron chi connectivity index (χ4n) is 3.35. The molecule has 0 spiro atoms. The van der Waals surface area contributed by atoms with Crippen molar-refractivity contribution in [3.8, 4) is 0 Å². The van der Waals surface area contributed by atoms with Gasteiger partial charge < -0.3 is 5.32 Å². The molecule has 1 atom stereocenters. The molecule has 1 aliphatic rings. The zero-order chi connectivity index (χ0) is 20.2. The van der Waals surface area contributed by atoms with Crippen LogP contribution in [0.5, 0.6) is 0 Å². The maximum atomic E-state index is 6.43. The molecule has 0 radical (unpaired) electrons. The third-order valence-corrected chi connectivity index (χ3v) is 6.03. The van der Waals surface area contributed by atoms with Crippen LogP contribution in [-0.2, 0) is 6.54 Å². The smallest absolute Gasteiger partial charge is 0.190 e. The van der Waals surface area contributed by atoms with E-state index in [4.69, 9.17) is 28.9 Å². The van der Waals surface area contributed by atoms with Gasteiger partial charge in [-0.15, -0.1) is 0 Å². The summed E-state index contributed by atoms with van der Waals surface area (Å²) in [6.45, 7) is 0.653. The van der Waals surface area contributed by atoms with E-state index in [0.29, 0.717) is 16.7 Å². The van der Waals surface area contributed by atoms with Crippen LogP contribution in [0.2, 0.25) is 5.02 Å². The molecule has 0 amide bonds. The first-order valence-corrected chi connectivity index (χ1v) is 10.9. The van der Waals surface area contributed by atoms with E-state index in [1.54, 1.807) is 0 Å². The van der Waals surface area contributed by atoms with Gasteiger partial charge in [-0.1, -0.05) is 88.2 Å². The van der Waals surface area contributed by atoms with Gasteiger partial charge in [-0.2, -0.15) is 5.10 Å². The summed E-state index contributed by atoms with van der Waals surface area (Å²) < 4.78 is 1.04. The van der Waals surface area contributed by atoms with Crippen LogP contribution in [0, 0.1) is 0 Å². The second-order valence-corrected chi connectivity index (χ2v) is 8.50. The molecule has 3 aromatic rings. The second kappa shape index (κ2) is 9.08. The molecule has 1 N–H and O–H groups in total. The van der Waals surface area contributed by atoms with Crippen LogP contribution in [-0.4, -0.2) is 15.8 Å². The van der Waals surface area contributed by atoms with Gasteiger partial charge in [0.25, 0.3) is 0 Å². The Morgan fingerprint density at radius 2 is 1.72 bits per heavy atom. The minimum absolute atomic E-state index is 0.0187. The van der Waals surface area contributed by atoms with Gasteiger partial charge in [0.15, 0.2) is 5.11 Å². The van der Waals surface area contributed by atoms with Crippen molar-refractivity contribution in [3.05, 3.63) is 105 Å². The van der Waals surface area contributed by atoms with Crippen molar-refractivity contribution in [1.82, 2.24) is 10.3 Å². The van der Waals surface area contributed by atoms with E-state index in [9.17, 15) is 0 Å². The fraction of sp³-hybridized carbons (Fsp3) is 0.130. The molecular weight excluding hydrogens is 466 g/mol. The number of halogens is 2. The van der Waals surface area contributed by atoms with Crippen molar-refractivity contribution in [2.75, 3.05) is 0 Å². The van der Waals surface area contributed by atoms with Gasteiger partial charge in [0, 0.05) is 28.0 Å². The lowest BCUT2D eigenvalue weighted by atomic mass is 9.98. The van der Waals surface area contributed by atoms with E-state index in [-0.39, 0.29) is 6.04 Å². The molecule has 1 heterocycles. The van der Waals surface area contributed by atoms with Crippen molar-refractivity contribution in [1.29, 1.82) is 0 Å². The van der Waals surface area contributed by atoms with E-state index in [1.165, 1.54) is 5.56 Å². The maximum absolute atomic E-state index is 6.43. The van der Waals surface area contributed by atoms with E-state index in [0.717, 1.165) is 27.7 Å². The van der Waals surface area contributed by atoms with Gasteiger partial charge in [-0.05, 0) is 41.5 Å². The molecule has 3 nitrogen and oxygen atoms in total. The normalized spacial score (nSPS) is 15.9. The lowest BCUT2D eigenvalue weighted by Crippen LogP contribution is -2.36. The number of hydrogen-bond acceptors (Lipinski definition) is 2. The molecule has 0 bridgehead atoms. The summed E-state index contributed by atoms with van der Waals surface area (Å²) in [7, 11) is 0. The van der Waals surface area contributed by atoms with Gasteiger partial charge in [-0.25, -0.2) is 5.01 Å². The highest BCUT2D eigenvalue weighted by Crippen LogP contribution is 2.34. The first-order chi connectivity index (χ1) is 14.1. The number of benzene rings is 3. The molecule has 0 aromatic heterocycles. The monoisotopic (exact) mass is 483 g/mol. The van der Waals surface area contributed by atoms with E-state index < -0.39 is 0 Å². The highest BCUT2D eigenvalue weighted by Gasteiger charge is 2.32. The third kappa shape index (κ3) is 4.69. The van der Waals surface area contributed by atoms with Crippen molar-refractivity contribution in [3.63, 3.8) is 0 Å². The number of hydrogen-bond donors (Lipinski definition) is 1. The summed E-state index contributed by atoms with van der Waals surface area (Å²) in [6.07, 6.45) is 0.735. The number of hydrazone groups is 1. The van der Waals surface area contributed by atoms with Gasteiger partial charge in [-0.3, -0.25) is 0 Å². The van der Waals surface area contributed by atoms with Crippen LogP contribution in [0.3, 0.4) is 0 Å². The Morgan fingerprint density at radius 3 is 2.45 bits per heavy atom. The molecule has 1 aliphatic heterocycles. The van der Waals surface area contributed by atoms with Crippen molar-refractivity contribution in [2.45, 2.75) is 19.0 Å². The summed E-state index contributed by atoms with van der Waals surface area (Å²) >= 11 is 15.7. The van der Waals surface area contributed by atoms with Crippen LogP contribution in [0.4, 0.5) is 0 Å². The predicted molar refractivity (Wildman–Crippen MR) is 127 cm³/mol. The Bertz CT molecular complexity index is 1040. The molecule has 0 saturated carbocycles. The van der Waals surface area contributed by atoms with E-state index in [2.05, 4.69) is 45.5 Å². The average molecular weight is 485 g/mol. The highest BCUT2D eigenvalue weighted by molar-refractivity contribution is 9.10. The van der Waals surface area contributed by atoms with Crippen molar-refractivity contribution < 1.29 is 0 Å². The Balaban J connectivity index is 1.61. The molecule has 0 aliphatic carbocycles. The van der Waals surface area contributed by atoms with Crippen molar-refractivity contribution in [2.24, 2.45) is 5.10 Å². The molecule has 29 heavy (non-hydrogen) atoms. The largest absolute Gasteiger partial charge is 0.357 e. The fourth-order valence-corrected chi connectivity index (χ4v) is 4.10. The lowest BCUT2D eigenvalue weighted by Gasteiger charge is -2.25. The summed E-state index contributed by atoms with van der Waals surface area (Å²) in [5, 5.41) is 11.4. The van der Waals surface area contributed by atoms with E-state index in [1.807, 2.05) is 59.6 Å². The Labute approximate surface area is 189 Å². The minimum atomic E-state index is 0.0187. The summed E-state index contributed by atoms with van der Waals surface area (Å²) in [4.78, 5) is 0. The molecule has 0 fully saturated rings. The average Bonchev–Trinajstić information content (AvgIpc) is 3.19. The van der Waals surface area contributed by atoms with Gasteiger partial charge in [0.2, 0.25) is 0 Å². The van der Waals surface area contributed by atoms with Crippen LogP contribution >= 0.6 is 39.7 Å². The van der Waals surface area contributed by atoms with Crippen molar-refractivity contribution >= 4 is 50.6 Å². The van der Waals surface area contributed by atoms with Crippen LogP contribution in [0.1, 0.15) is 29.2 Å². The molecule has 0 saturated heterocycles. The standard InChI is InChI=1S/C23H19BrClN3S/c24-18-12-10-17(11-13-18)22-14-21(19-8-4-5-9-20(19)25)27-28(22)23(29)26-15-16-6-2-1-3-7-16/h1-13,22H,14-15H2,(H,26,29)/t22-/m0/s1. The van der Waals surface area contributed by atoms with Gasteiger partial charge in [0.1, 0.15) is 0 Å². The Hall–Kier alpha value is -2.21. The highest BCUT2D eigenvalue weighted by atomic mass is 79.9. The van der Waals surface area contributed by atoms with E-state index >= 15 is 0 Å². The molecule has 4 rings (SSSR count). The number of nitrogens with zero attached hydrogens (tertiary/aromatic N) is 2. The summed E-state index contributed by atoms with van der Waals surface area (Å²) in [6, 6.07) is 26.3. The SMILES string of the molecule is S=C(NCc1ccccc1)N1N=C(c2ccccc2Cl)C[C@H]1c1ccc(Br)cc1. The molecule has 0 unspecified atom stereocenters. The summed E-state index contributed by atoms with van der Waals surface area (Å²) in [5.74, 6) is 0. The third-order valence-electron chi connectivity index (χ3n) is 4.84. The van der Waals surface area contributed by atoms with Crippen LogP contribution < -0.4 is 5.32 Å². The second-order valence-electron chi connectivity index (χ2n) is 6.79. The number of rotatable bonds is 4. The van der Waals surface area contributed by atoms with Gasteiger partial charge >= 0.3 is 0 Å². The minimum Gasteiger partial charge on any atom is -0.357 e. The lowest BCUT2D eigenvalue weighted by molar-refractivity contribution is 0.364. The molecule has 6 heteroatoms. The quantitative estimate of drug-likeness (QED) is 0.439. The predicted octanol–water partition coefficient (Wildman–Crippen LogP) is 6.33. The Morgan fingerprint density at radius 1 is 1.03 bits per heavy atom. The van der Waals surface area contributed by atoms with Gasteiger partial charge in [0.05, 0.1) is 11.8 Å². The molecular formula is C23H19BrClN3S. The first-order valence-electron chi connectivity index (χ1n) is 9.30. The van der Waals surface area contributed by atoms with Crippen LogP contribution in [0.15, 0.2) is 88.4 Å². The zero-order valence-corrected chi connectivity index (χ0v) is 18.7. The topological polar surface area (TPSA) is 27.6 Å². The number of nitrogens with one attached hydrogen (secondary N) is 1. The maximum Gasteiger partial charge on any atom is 0.190 e. The zero-order valence-electron chi connectivity index (χ0n) is 15.6. The Kier molecular flexibility index (Phi) is 6.28. The first kappa shape index (κ1) is 20.1. The molecule has 3 aromatic carbocycles. The molecule has 146 valence electrons.